The monoisotopic (exact) mass is 278 g/mol. The van der Waals surface area contributed by atoms with Crippen LogP contribution in [0.5, 0.6) is 0 Å². The molecular formula is C15H26N4O. The molecule has 1 aliphatic carbocycles. The molecule has 2 heterocycles. The molecule has 0 radical (unpaired) electrons. The molecule has 0 bridgehead atoms. The second-order valence-electron chi connectivity index (χ2n) is 5.98. The lowest BCUT2D eigenvalue weighted by Crippen LogP contribution is -2.44. The number of rotatable bonds is 4. The van der Waals surface area contributed by atoms with Crippen LogP contribution < -0.4 is 5.32 Å². The fourth-order valence-electron chi connectivity index (χ4n) is 3.67. The zero-order chi connectivity index (χ0) is 13.8. The van der Waals surface area contributed by atoms with Crippen LogP contribution in [0.1, 0.15) is 42.9 Å². The van der Waals surface area contributed by atoms with Crippen LogP contribution in [-0.2, 0) is 11.3 Å². The molecule has 0 amide bonds. The second-order valence-corrected chi connectivity index (χ2v) is 5.98. The molecule has 112 valence electrons. The molecule has 1 aliphatic heterocycles. The van der Waals surface area contributed by atoms with Gasteiger partial charge in [-0.05, 0) is 32.7 Å². The van der Waals surface area contributed by atoms with Gasteiger partial charge in [0.25, 0.3) is 0 Å². The maximum atomic E-state index is 5.45. The minimum absolute atomic E-state index is 0.641. The summed E-state index contributed by atoms with van der Waals surface area (Å²) >= 11 is 0. The minimum atomic E-state index is 0.641. The topological polar surface area (TPSA) is 53.2 Å². The van der Waals surface area contributed by atoms with Crippen molar-refractivity contribution in [3.63, 3.8) is 0 Å². The average molecular weight is 278 g/mol. The number of aromatic nitrogens is 2. The van der Waals surface area contributed by atoms with E-state index in [9.17, 15) is 0 Å². The van der Waals surface area contributed by atoms with Gasteiger partial charge in [0.2, 0.25) is 0 Å². The summed E-state index contributed by atoms with van der Waals surface area (Å²) in [5.74, 6) is 0.641. The van der Waals surface area contributed by atoms with Gasteiger partial charge in [-0.25, -0.2) is 0 Å². The van der Waals surface area contributed by atoms with Crippen molar-refractivity contribution in [1.82, 2.24) is 20.4 Å². The average Bonchev–Trinajstić information content (AvgIpc) is 2.97. The Bertz CT molecular complexity index is 406. The van der Waals surface area contributed by atoms with Gasteiger partial charge in [-0.15, -0.1) is 0 Å². The van der Waals surface area contributed by atoms with Crippen molar-refractivity contribution in [3.8, 4) is 0 Å². The highest BCUT2D eigenvalue weighted by Gasteiger charge is 2.29. The van der Waals surface area contributed by atoms with Crippen LogP contribution in [0.25, 0.3) is 0 Å². The Morgan fingerprint density at radius 1 is 1.30 bits per heavy atom. The SMILES string of the molecule is CNCc1c[nH]nc1C1CCC(N2CCOCC2)CC1. The summed E-state index contributed by atoms with van der Waals surface area (Å²) in [5.41, 5.74) is 2.63. The Kier molecular flexibility index (Phi) is 4.70. The number of aromatic amines is 1. The van der Waals surface area contributed by atoms with E-state index in [-0.39, 0.29) is 0 Å². The molecule has 0 atom stereocenters. The third-order valence-corrected chi connectivity index (χ3v) is 4.77. The van der Waals surface area contributed by atoms with Gasteiger partial charge >= 0.3 is 0 Å². The van der Waals surface area contributed by atoms with Gasteiger partial charge in [-0.3, -0.25) is 10.00 Å². The zero-order valence-corrected chi connectivity index (χ0v) is 12.4. The molecule has 1 saturated heterocycles. The zero-order valence-electron chi connectivity index (χ0n) is 12.4. The van der Waals surface area contributed by atoms with Crippen molar-refractivity contribution in [2.45, 2.75) is 44.2 Å². The summed E-state index contributed by atoms with van der Waals surface area (Å²) in [7, 11) is 1.99. The smallest absolute Gasteiger partial charge is 0.0697 e. The van der Waals surface area contributed by atoms with Crippen LogP contribution in [0.15, 0.2) is 6.20 Å². The maximum absolute atomic E-state index is 5.45. The molecule has 2 fully saturated rings. The summed E-state index contributed by atoms with van der Waals surface area (Å²) in [4.78, 5) is 2.62. The van der Waals surface area contributed by atoms with Crippen molar-refractivity contribution >= 4 is 0 Å². The van der Waals surface area contributed by atoms with Gasteiger partial charge in [0.1, 0.15) is 0 Å². The number of H-pyrrole nitrogens is 1. The van der Waals surface area contributed by atoms with E-state index in [0.717, 1.165) is 38.9 Å². The van der Waals surface area contributed by atoms with Crippen molar-refractivity contribution < 1.29 is 4.74 Å². The van der Waals surface area contributed by atoms with Gasteiger partial charge in [-0.1, -0.05) is 0 Å². The standard InChI is InChI=1S/C15H26N4O/c1-16-10-13-11-17-18-15(13)12-2-4-14(5-3-12)19-6-8-20-9-7-19/h11-12,14,16H,2-10H2,1H3,(H,17,18). The van der Waals surface area contributed by atoms with E-state index in [1.807, 2.05) is 13.2 Å². The molecule has 1 aromatic heterocycles. The number of ether oxygens (including phenoxy) is 1. The number of nitrogens with one attached hydrogen (secondary N) is 2. The van der Waals surface area contributed by atoms with Crippen LogP contribution in [-0.4, -0.2) is 54.5 Å². The molecule has 5 nitrogen and oxygen atoms in total. The van der Waals surface area contributed by atoms with E-state index in [0.29, 0.717) is 5.92 Å². The fourth-order valence-corrected chi connectivity index (χ4v) is 3.67. The quantitative estimate of drug-likeness (QED) is 0.876. The normalized spacial score (nSPS) is 28.6. The van der Waals surface area contributed by atoms with Crippen molar-refractivity contribution in [2.24, 2.45) is 0 Å². The molecule has 5 heteroatoms. The van der Waals surface area contributed by atoms with Gasteiger partial charge in [-0.2, -0.15) is 5.10 Å². The van der Waals surface area contributed by atoms with E-state index in [1.165, 1.54) is 36.9 Å². The molecule has 0 unspecified atom stereocenters. The summed E-state index contributed by atoms with van der Waals surface area (Å²) in [6.45, 7) is 4.96. The largest absolute Gasteiger partial charge is 0.379 e. The molecule has 20 heavy (non-hydrogen) atoms. The Labute approximate surface area is 121 Å². The van der Waals surface area contributed by atoms with E-state index in [2.05, 4.69) is 20.4 Å². The molecule has 0 spiro atoms. The van der Waals surface area contributed by atoms with Gasteiger partial charge in [0.05, 0.1) is 18.9 Å². The predicted molar refractivity (Wildman–Crippen MR) is 78.7 cm³/mol. The number of hydrogen-bond acceptors (Lipinski definition) is 4. The minimum Gasteiger partial charge on any atom is -0.379 e. The molecule has 3 rings (SSSR count). The first-order valence-electron chi connectivity index (χ1n) is 7.87. The highest BCUT2D eigenvalue weighted by molar-refractivity contribution is 5.21. The molecule has 1 saturated carbocycles. The maximum Gasteiger partial charge on any atom is 0.0697 e. The van der Waals surface area contributed by atoms with Crippen LogP contribution in [0.2, 0.25) is 0 Å². The Balaban J connectivity index is 1.56. The van der Waals surface area contributed by atoms with E-state index < -0.39 is 0 Å². The lowest BCUT2D eigenvalue weighted by atomic mass is 9.82. The lowest BCUT2D eigenvalue weighted by molar-refractivity contribution is 0.00719. The van der Waals surface area contributed by atoms with Crippen LogP contribution in [0.3, 0.4) is 0 Å². The Morgan fingerprint density at radius 3 is 2.75 bits per heavy atom. The predicted octanol–water partition coefficient (Wildman–Crippen LogP) is 1.49. The number of morpholine rings is 1. The van der Waals surface area contributed by atoms with E-state index in [1.54, 1.807) is 0 Å². The molecule has 2 N–H and O–H groups in total. The van der Waals surface area contributed by atoms with E-state index in [4.69, 9.17) is 4.74 Å². The summed E-state index contributed by atoms with van der Waals surface area (Å²) in [5, 5.41) is 10.8. The number of hydrogen-bond donors (Lipinski definition) is 2. The summed E-state index contributed by atoms with van der Waals surface area (Å²) in [6.07, 6.45) is 7.18. The van der Waals surface area contributed by atoms with Crippen molar-refractivity contribution in [3.05, 3.63) is 17.5 Å². The third-order valence-electron chi connectivity index (χ3n) is 4.77. The summed E-state index contributed by atoms with van der Waals surface area (Å²) < 4.78 is 5.45. The molecule has 0 aromatic carbocycles. The van der Waals surface area contributed by atoms with Crippen LogP contribution >= 0.6 is 0 Å². The first-order valence-corrected chi connectivity index (χ1v) is 7.87. The highest BCUT2D eigenvalue weighted by Crippen LogP contribution is 2.35. The van der Waals surface area contributed by atoms with Crippen molar-refractivity contribution in [2.75, 3.05) is 33.4 Å². The van der Waals surface area contributed by atoms with Gasteiger partial charge in [0.15, 0.2) is 0 Å². The number of nitrogens with zero attached hydrogens (tertiary/aromatic N) is 2. The fraction of sp³-hybridized carbons (Fsp3) is 0.800. The Hall–Kier alpha value is -0.910. The van der Waals surface area contributed by atoms with Crippen LogP contribution in [0, 0.1) is 0 Å². The summed E-state index contributed by atoms with van der Waals surface area (Å²) in [6, 6.07) is 0.766. The lowest BCUT2D eigenvalue weighted by Gasteiger charge is -2.38. The first kappa shape index (κ1) is 14.0. The van der Waals surface area contributed by atoms with Crippen LogP contribution in [0.4, 0.5) is 0 Å². The molecule has 2 aliphatic rings. The Morgan fingerprint density at radius 2 is 2.05 bits per heavy atom. The van der Waals surface area contributed by atoms with E-state index >= 15 is 0 Å². The first-order chi connectivity index (χ1) is 9.88. The van der Waals surface area contributed by atoms with Crippen molar-refractivity contribution in [1.29, 1.82) is 0 Å². The highest BCUT2D eigenvalue weighted by atomic mass is 16.5. The molecule has 1 aromatic rings. The molecular weight excluding hydrogens is 252 g/mol. The third kappa shape index (κ3) is 3.05. The van der Waals surface area contributed by atoms with Gasteiger partial charge < -0.3 is 10.1 Å². The van der Waals surface area contributed by atoms with Gasteiger partial charge in [0, 0.05) is 43.4 Å². The second kappa shape index (κ2) is 6.70.